The van der Waals surface area contributed by atoms with Crippen LogP contribution in [0.3, 0.4) is 0 Å². The summed E-state index contributed by atoms with van der Waals surface area (Å²) in [5, 5.41) is 0. The molecule has 0 fully saturated rings. The van der Waals surface area contributed by atoms with Gasteiger partial charge in [-0.2, -0.15) is 4.40 Å². The van der Waals surface area contributed by atoms with Crippen LogP contribution in [0.5, 0.6) is 0 Å². The van der Waals surface area contributed by atoms with Gasteiger partial charge in [0.05, 0.1) is 9.12 Å². The van der Waals surface area contributed by atoms with Crippen LogP contribution in [-0.4, -0.2) is 5.90 Å². The van der Waals surface area contributed by atoms with Crippen molar-refractivity contribution in [3.8, 4) is 0 Å². The van der Waals surface area contributed by atoms with Crippen LogP contribution in [0.25, 0.3) is 0 Å². The molecule has 0 N–H and O–H groups in total. The Morgan fingerprint density at radius 2 is 2.25 bits per heavy atom. The molecule has 0 aromatic carbocycles. The van der Waals surface area contributed by atoms with Crippen molar-refractivity contribution in [1.29, 1.82) is 0 Å². The summed E-state index contributed by atoms with van der Waals surface area (Å²) in [5.74, 6) is 0.698. The van der Waals surface area contributed by atoms with E-state index in [4.69, 9.17) is 4.18 Å². The zero-order chi connectivity index (χ0) is 6.41. The maximum atomic E-state index is 4.91. The molecule has 0 radical (unpaired) electrons. The second-order valence-corrected chi connectivity index (χ2v) is 3.70. The fourth-order valence-electron chi connectivity index (χ4n) is 0.109. The maximum Gasteiger partial charge on any atom is 0.209 e. The molecule has 0 rings (SSSR count). The zero-order valence-corrected chi connectivity index (χ0v) is 9.88. The first-order chi connectivity index (χ1) is 3.81. The van der Waals surface area contributed by atoms with Crippen molar-refractivity contribution in [2.45, 2.75) is 6.92 Å². The van der Waals surface area contributed by atoms with E-state index < -0.39 is 0 Å². The first-order valence-electron chi connectivity index (χ1n) is 1.59. The number of rotatable bonds is 2. The SMILES string of the molecule is C/C(=N/SI)OSI. The molecular formula is C2H3I2NOS2. The second kappa shape index (κ2) is 6.75. The number of hydrogen-bond acceptors (Lipinski definition) is 4. The quantitative estimate of drug-likeness (QED) is 0.243. The van der Waals surface area contributed by atoms with E-state index in [1.54, 1.807) is 0 Å². The van der Waals surface area contributed by atoms with Crippen molar-refractivity contribution in [3.63, 3.8) is 0 Å². The van der Waals surface area contributed by atoms with Gasteiger partial charge < -0.3 is 4.18 Å². The van der Waals surface area contributed by atoms with Gasteiger partial charge >= 0.3 is 0 Å². The van der Waals surface area contributed by atoms with Gasteiger partial charge in [-0.15, -0.1) is 0 Å². The van der Waals surface area contributed by atoms with Crippen LogP contribution >= 0.6 is 60.7 Å². The molecule has 0 aromatic rings. The van der Waals surface area contributed by atoms with Crippen molar-refractivity contribution >= 4 is 66.6 Å². The summed E-state index contributed by atoms with van der Waals surface area (Å²) < 4.78 is 8.80. The van der Waals surface area contributed by atoms with Gasteiger partial charge in [0.2, 0.25) is 5.90 Å². The number of hydrogen-bond donors (Lipinski definition) is 0. The summed E-state index contributed by atoms with van der Waals surface area (Å²) in [6, 6.07) is 0. The minimum absolute atomic E-state index is 0.698. The Hall–Kier alpha value is 1.63. The van der Waals surface area contributed by atoms with Crippen molar-refractivity contribution in [3.05, 3.63) is 0 Å². The smallest absolute Gasteiger partial charge is 0.209 e. The Morgan fingerprint density at radius 3 is 2.62 bits per heavy atom. The Kier molecular flexibility index (Phi) is 8.12. The topological polar surface area (TPSA) is 21.6 Å². The highest BCUT2D eigenvalue weighted by molar-refractivity contribution is 14.2. The van der Waals surface area contributed by atoms with E-state index >= 15 is 0 Å². The first-order valence-corrected chi connectivity index (χ1v) is 8.19. The van der Waals surface area contributed by atoms with Gasteiger partial charge in [-0.25, -0.2) is 0 Å². The van der Waals surface area contributed by atoms with E-state index in [0.29, 0.717) is 5.90 Å². The normalized spacial score (nSPS) is 11.6. The second-order valence-electron chi connectivity index (χ2n) is 0.826. The van der Waals surface area contributed by atoms with Gasteiger partial charge in [0.15, 0.2) is 0 Å². The van der Waals surface area contributed by atoms with Crippen LogP contribution in [0.2, 0.25) is 0 Å². The summed E-state index contributed by atoms with van der Waals surface area (Å²) >= 11 is 4.12. The Morgan fingerprint density at radius 1 is 1.62 bits per heavy atom. The van der Waals surface area contributed by atoms with Crippen molar-refractivity contribution in [2.24, 2.45) is 4.40 Å². The van der Waals surface area contributed by atoms with Crippen molar-refractivity contribution in [2.75, 3.05) is 0 Å². The minimum atomic E-state index is 0.698. The number of halogens is 2. The molecule has 0 aliphatic carbocycles. The van der Waals surface area contributed by atoms with Gasteiger partial charge in [0, 0.05) is 49.3 Å². The molecule has 48 valence electrons. The molecule has 0 spiro atoms. The lowest BCUT2D eigenvalue weighted by Crippen LogP contribution is -1.85. The van der Waals surface area contributed by atoms with E-state index in [2.05, 4.69) is 25.6 Å². The Balaban J connectivity index is 3.29. The van der Waals surface area contributed by atoms with E-state index in [1.807, 2.05) is 28.1 Å². The molecular weight excluding hydrogens is 372 g/mol. The molecule has 0 saturated carbocycles. The minimum Gasteiger partial charge on any atom is -0.399 e. The molecule has 2 nitrogen and oxygen atoms in total. The van der Waals surface area contributed by atoms with Crippen molar-refractivity contribution in [1.82, 2.24) is 0 Å². The van der Waals surface area contributed by atoms with Gasteiger partial charge in [0.1, 0.15) is 9.21 Å². The molecule has 0 heterocycles. The molecule has 8 heavy (non-hydrogen) atoms. The highest BCUT2D eigenvalue weighted by Gasteiger charge is 1.86. The van der Waals surface area contributed by atoms with E-state index in [0.717, 1.165) is 0 Å². The van der Waals surface area contributed by atoms with E-state index in [-0.39, 0.29) is 0 Å². The molecule has 0 amide bonds. The third-order valence-corrected chi connectivity index (χ3v) is 2.08. The number of nitrogens with zero attached hydrogens (tertiary/aromatic N) is 1. The van der Waals surface area contributed by atoms with Gasteiger partial charge in [-0.05, 0) is 0 Å². The van der Waals surface area contributed by atoms with Crippen LogP contribution in [-0.2, 0) is 4.18 Å². The largest absolute Gasteiger partial charge is 0.399 e. The average molecular weight is 375 g/mol. The Bertz CT molecular complexity index is 88.1. The molecule has 0 bridgehead atoms. The summed E-state index contributed by atoms with van der Waals surface area (Å²) in [4.78, 5) is 0. The molecule has 0 aromatic heterocycles. The lowest BCUT2D eigenvalue weighted by molar-refractivity contribution is 0.654. The summed E-state index contributed by atoms with van der Waals surface area (Å²) in [6.45, 7) is 1.82. The fourth-order valence-corrected chi connectivity index (χ4v) is 2.03. The summed E-state index contributed by atoms with van der Waals surface area (Å²) in [6.07, 6.45) is 0. The van der Waals surface area contributed by atoms with Gasteiger partial charge in [0.25, 0.3) is 0 Å². The average Bonchev–Trinajstić information content (AvgIpc) is 1.68. The fraction of sp³-hybridized carbons (Fsp3) is 0.500. The van der Waals surface area contributed by atoms with Crippen LogP contribution in [0, 0.1) is 0 Å². The predicted molar refractivity (Wildman–Crippen MR) is 57.4 cm³/mol. The highest BCUT2D eigenvalue weighted by atomic mass is 127. The highest BCUT2D eigenvalue weighted by Crippen LogP contribution is 2.17. The monoisotopic (exact) mass is 375 g/mol. The molecule has 0 atom stereocenters. The van der Waals surface area contributed by atoms with Crippen LogP contribution < -0.4 is 0 Å². The molecule has 0 saturated heterocycles. The molecule has 0 aliphatic rings. The summed E-state index contributed by atoms with van der Waals surface area (Å²) in [5.41, 5.74) is 0. The maximum absolute atomic E-state index is 4.91. The molecule has 0 unspecified atom stereocenters. The van der Waals surface area contributed by atoms with Gasteiger partial charge in [-0.3, -0.25) is 0 Å². The first kappa shape index (κ1) is 9.63. The standard InChI is InChI=1S/C2H3I2NOS2/c1-2(5-7-3)6-8-4/h1H3/b5-2-. The van der Waals surface area contributed by atoms with Crippen LogP contribution in [0.15, 0.2) is 4.40 Å². The lowest BCUT2D eigenvalue weighted by atomic mass is 10.8. The van der Waals surface area contributed by atoms with Crippen LogP contribution in [0.1, 0.15) is 6.92 Å². The molecule has 6 heteroatoms. The van der Waals surface area contributed by atoms with Crippen LogP contribution in [0.4, 0.5) is 0 Å². The Labute approximate surface area is 81.1 Å². The molecule has 0 aliphatic heterocycles. The van der Waals surface area contributed by atoms with Crippen molar-refractivity contribution < 1.29 is 4.18 Å². The summed E-state index contributed by atoms with van der Waals surface area (Å²) in [7, 11) is 2.64. The zero-order valence-electron chi connectivity index (χ0n) is 3.93. The lowest BCUT2D eigenvalue weighted by Gasteiger charge is -1.92. The third-order valence-electron chi connectivity index (χ3n) is 0.315. The predicted octanol–water partition coefficient (Wildman–Crippen LogP) is 3.42. The third kappa shape index (κ3) is 5.76. The van der Waals surface area contributed by atoms with E-state index in [9.17, 15) is 0 Å². The van der Waals surface area contributed by atoms with E-state index in [1.165, 1.54) is 18.3 Å². The van der Waals surface area contributed by atoms with Gasteiger partial charge in [-0.1, -0.05) is 0 Å².